The molecule has 3 unspecified atom stereocenters. The number of benzene rings is 1. The van der Waals surface area contributed by atoms with Crippen molar-refractivity contribution in [3.8, 4) is 11.8 Å². The molecule has 1 fully saturated rings. The summed E-state index contributed by atoms with van der Waals surface area (Å²) in [6, 6.07) is 9.37. The normalized spacial score (nSPS) is 27.9. The Kier molecular flexibility index (Phi) is 4.26. The van der Waals surface area contributed by atoms with E-state index in [0.717, 1.165) is 5.56 Å². The lowest BCUT2D eigenvalue weighted by Gasteiger charge is -2.07. The van der Waals surface area contributed by atoms with Crippen LogP contribution in [0.3, 0.4) is 0 Å². The van der Waals surface area contributed by atoms with Gasteiger partial charge < -0.3 is 9.47 Å². The van der Waals surface area contributed by atoms with Crippen molar-refractivity contribution < 1.29 is 17.9 Å². The van der Waals surface area contributed by atoms with Crippen molar-refractivity contribution in [2.45, 2.75) is 18.1 Å². The first kappa shape index (κ1) is 15.8. The van der Waals surface area contributed by atoms with E-state index >= 15 is 0 Å². The Hall–Kier alpha value is -1.58. The highest BCUT2D eigenvalue weighted by Gasteiger charge is 2.71. The molecule has 5 nitrogen and oxygen atoms in total. The summed E-state index contributed by atoms with van der Waals surface area (Å²) in [5.74, 6) is 0.374. The standard InChI is InChI=1S/C15H19NO4S/c1-4-21(17,18)14-13(15(14,9-16)10-19-2)11-5-7-12(20-3)8-6-11/h5-8,13-14H,4,10H2,1-3H3. The van der Waals surface area contributed by atoms with Crippen LogP contribution in [-0.4, -0.2) is 40.2 Å². The Balaban J connectivity index is 2.42. The number of ether oxygens (including phenoxy) is 2. The zero-order valence-corrected chi connectivity index (χ0v) is 13.2. The van der Waals surface area contributed by atoms with Gasteiger partial charge in [-0.15, -0.1) is 0 Å². The molecule has 1 aromatic rings. The summed E-state index contributed by atoms with van der Waals surface area (Å²) in [5, 5.41) is 8.83. The zero-order valence-electron chi connectivity index (χ0n) is 12.4. The van der Waals surface area contributed by atoms with Gasteiger partial charge in [-0.2, -0.15) is 5.26 Å². The van der Waals surface area contributed by atoms with E-state index in [1.807, 2.05) is 12.1 Å². The van der Waals surface area contributed by atoms with Gasteiger partial charge in [-0.05, 0) is 17.7 Å². The van der Waals surface area contributed by atoms with Crippen molar-refractivity contribution in [3.05, 3.63) is 29.8 Å². The van der Waals surface area contributed by atoms with Crippen LogP contribution in [0.25, 0.3) is 0 Å². The molecule has 0 radical (unpaired) electrons. The fourth-order valence-electron chi connectivity index (χ4n) is 2.97. The minimum Gasteiger partial charge on any atom is -0.497 e. The minimum atomic E-state index is -3.31. The van der Waals surface area contributed by atoms with E-state index < -0.39 is 20.5 Å². The Morgan fingerprint density at radius 2 is 1.90 bits per heavy atom. The summed E-state index contributed by atoms with van der Waals surface area (Å²) in [4.78, 5) is 0. The van der Waals surface area contributed by atoms with Crippen molar-refractivity contribution in [2.24, 2.45) is 5.41 Å². The lowest BCUT2D eigenvalue weighted by molar-refractivity contribution is 0.162. The number of nitriles is 1. The lowest BCUT2D eigenvalue weighted by atomic mass is 10.0. The smallest absolute Gasteiger partial charge is 0.155 e. The molecule has 21 heavy (non-hydrogen) atoms. The summed E-state index contributed by atoms with van der Waals surface area (Å²) in [6.45, 7) is 1.72. The topological polar surface area (TPSA) is 76.4 Å². The molecule has 2 rings (SSSR count). The molecule has 0 amide bonds. The van der Waals surface area contributed by atoms with Crippen LogP contribution < -0.4 is 4.74 Å². The van der Waals surface area contributed by atoms with Crippen molar-refractivity contribution in [1.29, 1.82) is 5.26 Å². The molecule has 0 spiro atoms. The van der Waals surface area contributed by atoms with Crippen LogP contribution in [0, 0.1) is 16.7 Å². The monoisotopic (exact) mass is 309 g/mol. The van der Waals surface area contributed by atoms with Crippen LogP contribution in [0.2, 0.25) is 0 Å². The van der Waals surface area contributed by atoms with Crippen LogP contribution in [0.5, 0.6) is 5.75 Å². The molecular weight excluding hydrogens is 290 g/mol. The third-order valence-electron chi connectivity index (χ3n) is 4.11. The highest BCUT2D eigenvalue weighted by atomic mass is 32.2. The fourth-order valence-corrected chi connectivity index (χ4v) is 4.98. The highest BCUT2D eigenvalue weighted by molar-refractivity contribution is 7.92. The van der Waals surface area contributed by atoms with Crippen molar-refractivity contribution >= 4 is 9.84 Å². The molecule has 0 N–H and O–H groups in total. The van der Waals surface area contributed by atoms with Gasteiger partial charge >= 0.3 is 0 Å². The van der Waals surface area contributed by atoms with E-state index in [0.29, 0.717) is 5.75 Å². The summed E-state index contributed by atoms with van der Waals surface area (Å²) < 4.78 is 34.8. The van der Waals surface area contributed by atoms with E-state index in [-0.39, 0.29) is 18.3 Å². The largest absolute Gasteiger partial charge is 0.497 e. The first-order valence-electron chi connectivity index (χ1n) is 6.72. The fraction of sp³-hybridized carbons (Fsp3) is 0.533. The Labute approximate surface area is 125 Å². The second kappa shape index (κ2) is 5.66. The van der Waals surface area contributed by atoms with E-state index in [4.69, 9.17) is 9.47 Å². The highest BCUT2D eigenvalue weighted by Crippen LogP contribution is 2.62. The SMILES string of the molecule is CCS(=O)(=O)C1C(c2ccc(OC)cc2)C1(C#N)COC. The summed E-state index contributed by atoms with van der Waals surface area (Å²) >= 11 is 0. The molecule has 1 aliphatic rings. The van der Waals surface area contributed by atoms with Gasteiger partial charge in [0.05, 0.1) is 25.0 Å². The van der Waals surface area contributed by atoms with Crippen LogP contribution in [0.1, 0.15) is 18.4 Å². The van der Waals surface area contributed by atoms with Gasteiger partial charge in [-0.1, -0.05) is 19.1 Å². The molecule has 6 heteroatoms. The first-order valence-corrected chi connectivity index (χ1v) is 8.44. The number of sulfone groups is 1. The average Bonchev–Trinajstić information content (AvgIpc) is 3.18. The maximum absolute atomic E-state index is 12.3. The number of nitrogens with zero attached hydrogens (tertiary/aromatic N) is 1. The van der Waals surface area contributed by atoms with Gasteiger partial charge in [0.25, 0.3) is 0 Å². The zero-order chi connectivity index (χ0) is 15.7. The second-order valence-corrected chi connectivity index (χ2v) is 7.62. The third kappa shape index (κ3) is 2.52. The van der Waals surface area contributed by atoms with E-state index in [1.165, 1.54) is 7.11 Å². The van der Waals surface area contributed by atoms with E-state index in [2.05, 4.69) is 6.07 Å². The number of methoxy groups -OCH3 is 2. The average molecular weight is 309 g/mol. The maximum atomic E-state index is 12.3. The molecule has 1 aromatic carbocycles. The van der Waals surface area contributed by atoms with Gasteiger partial charge in [-0.25, -0.2) is 8.42 Å². The van der Waals surface area contributed by atoms with Crippen molar-refractivity contribution in [3.63, 3.8) is 0 Å². The van der Waals surface area contributed by atoms with Gasteiger partial charge in [-0.3, -0.25) is 0 Å². The number of hydrogen-bond donors (Lipinski definition) is 0. The third-order valence-corrected chi connectivity index (χ3v) is 6.38. The molecule has 0 heterocycles. The second-order valence-electron chi connectivity index (χ2n) is 5.21. The van der Waals surface area contributed by atoms with Gasteiger partial charge in [0.15, 0.2) is 9.84 Å². The van der Waals surface area contributed by atoms with Crippen LogP contribution in [0.15, 0.2) is 24.3 Å². The van der Waals surface area contributed by atoms with Crippen molar-refractivity contribution in [1.82, 2.24) is 0 Å². The molecule has 3 atom stereocenters. The van der Waals surface area contributed by atoms with Crippen LogP contribution in [-0.2, 0) is 14.6 Å². The quantitative estimate of drug-likeness (QED) is 0.800. The first-order chi connectivity index (χ1) is 9.96. The van der Waals surface area contributed by atoms with Crippen LogP contribution >= 0.6 is 0 Å². The van der Waals surface area contributed by atoms with E-state index in [1.54, 1.807) is 26.2 Å². The predicted molar refractivity (Wildman–Crippen MR) is 78.9 cm³/mol. The molecule has 0 bridgehead atoms. The molecule has 1 saturated carbocycles. The number of hydrogen-bond acceptors (Lipinski definition) is 5. The number of rotatable bonds is 6. The Bertz CT molecular complexity index is 647. The molecule has 0 aliphatic heterocycles. The van der Waals surface area contributed by atoms with Gasteiger partial charge in [0, 0.05) is 18.8 Å². The minimum absolute atomic E-state index is 0.0253. The predicted octanol–water partition coefficient (Wildman–Crippen LogP) is 1.75. The summed E-state index contributed by atoms with van der Waals surface area (Å²) in [5.41, 5.74) is -0.158. The van der Waals surface area contributed by atoms with Gasteiger partial charge in [0.2, 0.25) is 0 Å². The summed E-state index contributed by atoms with van der Waals surface area (Å²) in [7, 11) is -0.259. The van der Waals surface area contributed by atoms with Crippen molar-refractivity contribution in [2.75, 3.05) is 26.6 Å². The van der Waals surface area contributed by atoms with Crippen LogP contribution in [0.4, 0.5) is 0 Å². The Morgan fingerprint density at radius 3 is 2.33 bits per heavy atom. The Morgan fingerprint density at radius 1 is 1.29 bits per heavy atom. The molecule has 0 saturated heterocycles. The summed E-state index contributed by atoms with van der Waals surface area (Å²) in [6.07, 6.45) is 0. The van der Waals surface area contributed by atoms with Gasteiger partial charge in [0.1, 0.15) is 11.2 Å². The van der Waals surface area contributed by atoms with E-state index in [9.17, 15) is 13.7 Å². The lowest BCUT2D eigenvalue weighted by Crippen LogP contribution is -2.20. The molecule has 0 aromatic heterocycles. The molecule has 1 aliphatic carbocycles. The maximum Gasteiger partial charge on any atom is 0.155 e. The molecular formula is C15H19NO4S. The molecule has 114 valence electrons.